The van der Waals surface area contributed by atoms with Crippen LogP contribution < -0.4 is 5.32 Å². The van der Waals surface area contributed by atoms with Crippen LogP contribution in [-0.2, 0) is 21.3 Å². The van der Waals surface area contributed by atoms with Gasteiger partial charge in [0.05, 0.1) is 0 Å². The van der Waals surface area contributed by atoms with E-state index in [1.807, 2.05) is 31.2 Å². The van der Waals surface area contributed by atoms with E-state index in [0.29, 0.717) is 12.3 Å². The van der Waals surface area contributed by atoms with E-state index in [1.54, 1.807) is 0 Å². The number of hydrogen-bond donors (Lipinski definition) is 1. The van der Waals surface area contributed by atoms with E-state index >= 15 is 0 Å². The van der Waals surface area contributed by atoms with Gasteiger partial charge in [0.2, 0.25) is 5.91 Å². The van der Waals surface area contributed by atoms with E-state index in [9.17, 15) is 9.00 Å². The second kappa shape index (κ2) is 8.03. The van der Waals surface area contributed by atoms with Crippen molar-refractivity contribution in [2.75, 3.05) is 12.3 Å². The molecule has 0 aliphatic carbocycles. The Morgan fingerprint density at radius 2 is 2.06 bits per heavy atom. The van der Waals surface area contributed by atoms with Crippen LogP contribution in [0.4, 0.5) is 0 Å². The summed E-state index contributed by atoms with van der Waals surface area (Å²) in [6, 6.07) is 7.84. The van der Waals surface area contributed by atoms with E-state index in [4.69, 9.17) is 0 Å². The molecule has 0 spiro atoms. The molecule has 0 aliphatic heterocycles. The predicted octanol–water partition coefficient (Wildman–Crippen LogP) is 2.16. The minimum atomic E-state index is -1.13. The predicted molar refractivity (Wildman–Crippen MR) is 75.8 cm³/mol. The smallest absolute Gasteiger partial charge is 0.232 e. The van der Waals surface area contributed by atoms with Crippen LogP contribution in [0.2, 0.25) is 0 Å². The summed E-state index contributed by atoms with van der Waals surface area (Å²) in [4.78, 5) is 11.5. The first-order chi connectivity index (χ1) is 8.63. The van der Waals surface area contributed by atoms with Crippen LogP contribution in [0.15, 0.2) is 24.3 Å². The minimum absolute atomic E-state index is 0.0953. The standard InChI is InChI=1S/C14H21NO2S/c1-3-4-9-15-14(16)11-18(17)10-13-8-6-5-7-12(13)2/h5-8H,3-4,9-11H2,1-2H3,(H,15,16). The number of carbonyl (C=O) groups is 1. The van der Waals surface area contributed by atoms with Crippen molar-refractivity contribution in [3.8, 4) is 0 Å². The maximum absolute atomic E-state index is 11.9. The zero-order valence-electron chi connectivity index (χ0n) is 11.1. The highest BCUT2D eigenvalue weighted by Gasteiger charge is 2.09. The normalized spacial score (nSPS) is 12.1. The summed E-state index contributed by atoms with van der Waals surface area (Å²) in [6.45, 7) is 4.74. The zero-order valence-corrected chi connectivity index (χ0v) is 11.9. The minimum Gasteiger partial charge on any atom is -0.355 e. The molecule has 0 saturated heterocycles. The van der Waals surface area contributed by atoms with Crippen LogP contribution in [0.1, 0.15) is 30.9 Å². The fourth-order valence-electron chi connectivity index (χ4n) is 1.60. The third kappa shape index (κ3) is 5.45. The first-order valence-corrected chi connectivity index (χ1v) is 7.78. The monoisotopic (exact) mass is 267 g/mol. The molecule has 1 aromatic carbocycles. The zero-order chi connectivity index (χ0) is 13.4. The fraction of sp³-hybridized carbons (Fsp3) is 0.500. The molecule has 1 rings (SSSR count). The fourth-order valence-corrected chi connectivity index (χ4v) is 2.77. The van der Waals surface area contributed by atoms with Crippen LogP contribution in [0.25, 0.3) is 0 Å². The van der Waals surface area contributed by atoms with E-state index in [2.05, 4.69) is 12.2 Å². The van der Waals surface area contributed by atoms with Crippen LogP contribution in [0.5, 0.6) is 0 Å². The average Bonchev–Trinajstić information content (AvgIpc) is 2.32. The Hall–Kier alpha value is -1.16. The number of aryl methyl sites for hydroxylation is 1. The molecule has 0 heterocycles. The summed E-state index contributed by atoms with van der Waals surface area (Å²) in [5, 5.41) is 2.78. The summed E-state index contributed by atoms with van der Waals surface area (Å²) in [5.74, 6) is 0.432. The van der Waals surface area contributed by atoms with Gasteiger partial charge in [0.25, 0.3) is 0 Å². The van der Waals surface area contributed by atoms with Crippen molar-refractivity contribution in [3.63, 3.8) is 0 Å². The molecule has 0 saturated carbocycles. The molecule has 1 atom stereocenters. The van der Waals surface area contributed by atoms with Gasteiger partial charge in [-0.2, -0.15) is 0 Å². The first-order valence-electron chi connectivity index (χ1n) is 6.29. The molecular weight excluding hydrogens is 246 g/mol. The molecule has 1 unspecified atom stereocenters. The third-order valence-corrected chi connectivity index (χ3v) is 3.94. The summed E-state index contributed by atoms with van der Waals surface area (Å²) >= 11 is 0. The number of rotatable bonds is 7. The second-order valence-corrected chi connectivity index (χ2v) is 5.82. The van der Waals surface area contributed by atoms with Gasteiger partial charge in [0.1, 0.15) is 5.75 Å². The molecule has 3 nitrogen and oxygen atoms in total. The number of nitrogens with one attached hydrogen (secondary N) is 1. The van der Waals surface area contributed by atoms with Gasteiger partial charge in [-0.1, -0.05) is 37.6 Å². The van der Waals surface area contributed by atoms with Crippen molar-refractivity contribution in [2.45, 2.75) is 32.4 Å². The van der Waals surface area contributed by atoms with Crippen molar-refractivity contribution < 1.29 is 9.00 Å². The van der Waals surface area contributed by atoms with Crippen molar-refractivity contribution in [1.29, 1.82) is 0 Å². The number of unbranched alkanes of at least 4 members (excludes halogenated alkanes) is 1. The third-order valence-electron chi connectivity index (χ3n) is 2.72. The Kier molecular flexibility index (Phi) is 6.65. The molecule has 0 radical (unpaired) electrons. The molecule has 0 aliphatic rings. The molecule has 100 valence electrons. The van der Waals surface area contributed by atoms with Gasteiger partial charge >= 0.3 is 0 Å². The average molecular weight is 267 g/mol. The SMILES string of the molecule is CCCCNC(=O)CS(=O)Cc1ccccc1C. The van der Waals surface area contributed by atoms with Gasteiger partial charge < -0.3 is 5.32 Å². The van der Waals surface area contributed by atoms with Crippen molar-refractivity contribution >= 4 is 16.7 Å². The summed E-state index contributed by atoms with van der Waals surface area (Å²) < 4.78 is 11.9. The van der Waals surface area contributed by atoms with Crippen LogP contribution in [-0.4, -0.2) is 22.4 Å². The lowest BCUT2D eigenvalue weighted by atomic mass is 10.1. The van der Waals surface area contributed by atoms with Crippen molar-refractivity contribution in [2.24, 2.45) is 0 Å². The molecule has 1 amide bonds. The van der Waals surface area contributed by atoms with Gasteiger partial charge in [-0.05, 0) is 24.5 Å². The van der Waals surface area contributed by atoms with Gasteiger partial charge in [0, 0.05) is 23.1 Å². The van der Waals surface area contributed by atoms with Crippen molar-refractivity contribution in [1.82, 2.24) is 5.32 Å². The molecule has 18 heavy (non-hydrogen) atoms. The van der Waals surface area contributed by atoms with Gasteiger partial charge in [0.15, 0.2) is 0 Å². The van der Waals surface area contributed by atoms with E-state index < -0.39 is 10.8 Å². The molecule has 0 fully saturated rings. The first kappa shape index (κ1) is 14.9. The lowest BCUT2D eigenvalue weighted by Crippen LogP contribution is -2.29. The topological polar surface area (TPSA) is 46.2 Å². The lowest BCUT2D eigenvalue weighted by Gasteiger charge is -2.06. The van der Waals surface area contributed by atoms with Crippen LogP contribution in [0.3, 0.4) is 0 Å². The summed E-state index contributed by atoms with van der Waals surface area (Å²) in [6.07, 6.45) is 2.02. The Morgan fingerprint density at radius 3 is 2.72 bits per heavy atom. The maximum Gasteiger partial charge on any atom is 0.232 e. The molecule has 4 heteroatoms. The Morgan fingerprint density at radius 1 is 1.33 bits per heavy atom. The summed E-state index contributed by atoms with van der Waals surface area (Å²) in [7, 11) is -1.13. The van der Waals surface area contributed by atoms with E-state index in [-0.39, 0.29) is 11.7 Å². The van der Waals surface area contributed by atoms with Gasteiger partial charge in [-0.25, -0.2) is 0 Å². The Bertz CT molecular complexity index is 418. The van der Waals surface area contributed by atoms with Crippen LogP contribution in [0, 0.1) is 6.92 Å². The molecular formula is C14H21NO2S. The molecule has 0 aromatic heterocycles. The number of benzene rings is 1. The second-order valence-electron chi connectivity index (χ2n) is 4.36. The molecule has 0 bridgehead atoms. The Labute approximate surface area is 111 Å². The maximum atomic E-state index is 11.9. The van der Waals surface area contributed by atoms with Crippen LogP contribution >= 0.6 is 0 Å². The van der Waals surface area contributed by atoms with Gasteiger partial charge in [-0.3, -0.25) is 9.00 Å². The Balaban J connectivity index is 2.38. The highest BCUT2D eigenvalue weighted by atomic mass is 32.2. The number of amides is 1. The lowest BCUT2D eigenvalue weighted by molar-refractivity contribution is -0.118. The van der Waals surface area contributed by atoms with E-state index in [0.717, 1.165) is 24.0 Å². The molecule has 1 N–H and O–H groups in total. The molecule has 1 aromatic rings. The van der Waals surface area contributed by atoms with E-state index in [1.165, 1.54) is 0 Å². The number of hydrogen-bond acceptors (Lipinski definition) is 2. The largest absolute Gasteiger partial charge is 0.355 e. The highest BCUT2D eigenvalue weighted by Crippen LogP contribution is 2.09. The van der Waals surface area contributed by atoms with Crippen molar-refractivity contribution in [3.05, 3.63) is 35.4 Å². The summed E-state index contributed by atoms with van der Waals surface area (Å²) in [5.41, 5.74) is 2.18. The highest BCUT2D eigenvalue weighted by molar-refractivity contribution is 7.84. The van der Waals surface area contributed by atoms with Gasteiger partial charge in [-0.15, -0.1) is 0 Å². The quantitative estimate of drug-likeness (QED) is 0.770. The number of carbonyl (C=O) groups excluding carboxylic acids is 1.